The van der Waals surface area contributed by atoms with Gasteiger partial charge in [0.25, 0.3) is 11.5 Å². The first-order chi connectivity index (χ1) is 9.65. The highest BCUT2D eigenvalue weighted by atomic mass is 16.2. The predicted molar refractivity (Wildman–Crippen MR) is 75.0 cm³/mol. The number of amides is 1. The van der Waals surface area contributed by atoms with Gasteiger partial charge in [-0.1, -0.05) is 30.3 Å². The molecule has 1 amide bonds. The van der Waals surface area contributed by atoms with Gasteiger partial charge in [-0.25, -0.2) is 0 Å². The van der Waals surface area contributed by atoms with Gasteiger partial charge >= 0.3 is 0 Å². The first-order valence-electron chi connectivity index (χ1n) is 6.11. The van der Waals surface area contributed by atoms with Crippen LogP contribution in [0.15, 0.2) is 47.4 Å². The van der Waals surface area contributed by atoms with Gasteiger partial charge in [-0.05, 0) is 11.6 Å². The van der Waals surface area contributed by atoms with Crippen molar-refractivity contribution in [3.8, 4) is 0 Å². The van der Waals surface area contributed by atoms with E-state index in [1.807, 2.05) is 30.3 Å². The van der Waals surface area contributed by atoms with Gasteiger partial charge in [0.15, 0.2) is 6.29 Å². The molecule has 20 heavy (non-hydrogen) atoms. The van der Waals surface area contributed by atoms with Crippen molar-refractivity contribution in [1.29, 1.82) is 0 Å². The Balaban J connectivity index is 2.50. The summed E-state index contributed by atoms with van der Waals surface area (Å²) in [6, 6.07) is 10.7. The third-order valence-electron chi connectivity index (χ3n) is 2.91. The van der Waals surface area contributed by atoms with E-state index in [9.17, 15) is 14.4 Å². The normalized spacial score (nSPS) is 10.1. The minimum Gasteiger partial charge on any atom is -0.355 e. The molecule has 1 N–H and O–H groups in total. The Morgan fingerprint density at radius 1 is 1.30 bits per heavy atom. The van der Waals surface area contributed by atoms with E-state index < -0.39 is 11.5 Å². The van der Waals surface area contributed by atoms with Crippen molar-refractivity contribution in [3.63, 3.8) is 0 Å². The van der Waals surface area contributed by atoms with E-state index in [4.69, 9.17) is 0 Å². The number of pyridine rings is 1. The zero-order chi connectivity index (χ0) is 14.5. The summed E-state index contributed by atoms with van der Waals surface area (Å²) in [5, 5.41) is 2.40. The van der Waals surface area contributed by atoms with Gasteiger partial charge in [0, 0.05) is 18.8 Å². The summed E-state index contributed by atoms with van der Waals surface area (Å²) in [6.45, 7) is 0.311. The number of nitrogens with zero attached hydrogens (tertiary/aromatic N) is 1. The van der Waals surface area contributed by atoms with E-state index in [0.29, 0.717) is 18.4 Å². The van der Waals surface area contributed by atoms with Crippen LogP contribution in [0.4, 0.5) is 0 Å². The first kappa shape index (κ1) is 13.7. The molecule has 0 saturated carbocycles. The van der Waals surface area contributed by atoms with Crippen LogP contribution in [-0.4, -0.2) is 23.8 Å². The van der Waals surface area contributed by atoms with Crippen LogP contribution in [0, 0.1) is 0 Å². The van der Waals surface area contributed by atoms with Crippen molar-refractivity contribution in [2.75, 3.05) is 7.05 Å². The molecule has 2 rings (SSSR count). The molecule has 1 heterocycles. The van der Waals surface area contributed by atoms with E-state index in [2.05, 4.69) is 5.32 Å². The molecule has 0 radical (unpaired) electrons. The lowest BCUT2D eigenvalue weighted by Crippen LogP contribution is -2.31. The fourth-order valence-electron chi connectivity index (χ4n) is 1.92. The van der Waals surface area contributed by atoms with Gasteiger partial charge in [0.1, 0.15) is 5.56 Å². The van der Waals surface area contributed by atoms with Crippen molar-refractivity contribution >= 4 is 12.2 Å². The molecular weight excluding hydrogens is 256 g/mol. The average molecular weight is 270 g/mol. The molecule has 0 fully saturated rings. The monoisotopic (exact) mass is 270 g/mol. The third-order valence-corrected chi connectivity index (χ3v) is 2.91. The quantitative estimate of drug-likeness (QED) is 0.845. The maximum atomic E-state index is 12.2. The Kier molecular flexibility index (Phi) is 4.10. The van der Waals surface area contributed by atoms with Gasteiger partial charge in [-0.2, -0.15) is 0 Å². The van der Waals surface area contributed by atoms with Gasteiger partial charge in [0.2, 0.25) is 0 Å². The number of hydrogen-bond acceptors (Lipinski definition) is 3. The number of aromatic nitrogens is 1. The molecule has 0 unspecified atom stereocenters. The predicted octanol–water partition coefficient (Wildman–Crippen LogP) is 1.07. The topological polar surface area (TPSA) is 68.2 Å². The van der Waals surface area contributed by atoms with Crippen LogP contribution in [0.1, 0.15) is 26.3 Å². The molecule has 1 aromatic carbocycles. The maximum absolute atomic E-state index is 12.2. The molecule has 0 aliphatic carbocycles. The Morgan fingerprint density at radius 3 is 2.60 bits per heavy atom. The summed E-state index contributed by atoms with van der Waals surface area (Å²) in [7, 11) is 1.44. The molecule has 2 aromatic rings. The van der Waals surface area contributed by atoms with Gasteiger partial charge in [-0.3, -0.25) is 14.4 Å². The van der Waals surface area contributed by atoms with Gasteiger partial charge in [0.05, 0.1) is 6.54 Å². The molecule has 0 aliphatic rings. The summed E-state index contributed by atoms with van der Waals surface area (Å²) in [5.74, 6) is -0.500. The van der Waals surface area contributed by atoms with E-state index in [1.165, 1.54) is 23.9 Å². The van der Waals surface area contributed by atoms with Gasteiger partial charge < -0.3 is 9.88 Å². The van der Waals surface area contributed by atoms with Crippen molar-refractivity contribution in [2.24, 2.45) is 0 Å². The number of carbonyl (C=O) groups is 2. The smallest absolute Gasteiger partial charge is 0.263 e. The highest BCUT2D eigenvalue weighted by Gasteiger charge is 2.13. The van der Waals surface area contributed by atoms with Crippen LogP contribution in [0.3, 0.4) is 0 Å². The second-order valence-electron chi connectivity index (χ2n) is 4.30. The SMILES string of the molecule is CNC(=O)c1cc(C=O)cn(Cc2ccccc2)c1=O. The molecule has 5 nitrogen and oxygen atoms in total. The maximum Gasteiger partial charge on any atom is 0.263 e. The van der Waals surface area contributed by atoms with Crippen molar-refractivity contribution in [2.45, 2.75) is 6.54 Å². The lowest BCUT2D eigenvalue weighted by atomic mass is 10.1. The molecule has 0 atom stereocenters. The fraction of sp³-hybridized carbons (Fsp3) is 0.133. The fourth-order valence-corrected chi connectivity index (χ4v) is 1.92. The van der Waals surface area contributed by atoms with E-state index >= 15 is 0 Å². The molecule has 0 saturated heterocycles. The summed E-state index contributed by atoms with van der Waals surface area (Å²) >= 11 is 0. The lowest BCUT2D eigenvalue weighted by molar-refractivity contribution is 0.0961. The standard InChI is InChI=1S/C15H14N2O3/c1-16-14(19)13-7-12(10-18)9-17(15(13)20)8-11-5-3-2-4-6-11/h2-7,9-10H,8H2,1H3,(H,16,19). The molecule has 0 bridgehead atoms. The third kappa shape index (κ3) is 2.83. The number of hydrogen-bond donors (Lipinski definition) is 1. The highest BCUT2D eigenvalue weighted by Crippen LogP contribution is 2.04. The minimum atomic E-state index is -0.500. The van der Waals surface area contributed by atoms with Crippen molar-refractivity contribution in [1.82, 2.24) is 9.88 Å². The number of nitrogens with one attached hydrogen (secondary N) is 1. The molecular formula is C15H14N2O3. The number of benzene rings is 1. The summed E-state index contributed by atoms with van der Waals surface area (Å²) in [5.41, 5.74) is 0.756. The highest BCUT2D eigenvalue weighted by molar-refractivity contribution is 5.95. The summed E-state index contributed by atoms with van der Waals surface area (Å²) in [6.07, 6.45) is 2.07. The first-order valence-corrected chi connectivity index (χ1v) is 6.11. The van der Waals surface area contributed by atoms with Crippen LogP contribution in [0.2, 0.25) is 0 Å². The zero-order valence-electron chi connectivity index (χ0n) is 11.0. The van der Waals surface area contributed by atoms with E-state index in [1.54, 1.807) is 0 Å². The summed E-state index contributed by atoms with van der Waals surface area (Å²) < 4.78 is 1.36. The lowest BCUT2D eigenvalue weighted by Gasteiger charge is -2.09. The zero-order valence-corrected chi connectivity index (χ0v) is 11.0. The second kappa shape index (κ2) is 5.97. The second-order valence-corrected chi connectivity index (χ2v) is 4.30. The number of rotatable bonds is 4. The molecule has 0 spiro atoms. The average Bonchev–Trinajstić information content (AvgIpc) is 2.49. The van der Waals surface area contributed by atoms with Crippen molar-refractivity contribution in [3.05, 3.63) is 69.6 Å². The van der Waals surface area contributed by atoms with Crippen LogP contribution in [-0.2, 0) is 6.54 Å². The minimum absolute atomic E-state index is 0.0342. The van der Waals surface area contributed by atoms with Crippen LogP contribution in [0.5, 0.6) is 0 Å². The Labute approximate surface area is 115 Å². The number of aldehydes is 1. The van der Waals surface area contributed by atoms with E-state index in [0.717, 1.165) is 5.56 Å². The van der Waals surface area contributed by atoms with Gasteiger partial charge in [-0.15, -0.1) is 0 Å². The summed E-state index contributed by atoms with van der Waals surface area (Å²) in [4.78, 5) is 34.8. The van der Waals surface area contributed by atoms with Crippen LogP contribution >= 0.6 is 0 Å². The Hall–Kier alpha value is -2.69. The Bertz CT molecular complexity index is 690. The van der Waals surface area contributed by atoms with Crippen molar-refractivity contribution < 1.29 is 9.59 Å². The molecule has 0 aliphatic heterocycles. The Morgan fingerprint density at radius 2 is 2.00 bits per heavy atom. The van der Waals surface area contributed by atoms with Crippen LogP contribution < -0.4 is 10.9 Å². The van der Waals surface area contributed by atoms with Crippen LogP contribution in [0.25, 0.3) is 0 Å². The number of carbonyl (C=O) groups excluding carboxylic acids is 2. The largest absolute Gasteiger partial charge is 0.355 e. The van der Waals surface area contributed by atoms with E-state index in [-0.39, 0.29) is 5.56 Å². The molecule has 5 heteroatoms. The molecule has 1 aromatic heterocycles. The molecule has 102 valence electrons.